The second kappa shape index (κ2) is 3.27. The molecule has 3 rings (SSSR count). The summed E-state index contributed by atoms with van der Waals surface area (Å²) < 4.78 is 3.21. The van der Waals surface area contributed by atoms with E-state index in [0.29, 0.717) is 11.7 Å². The SMILES string of the molecule is O=c1n(-c2ccccc2O)ccn1C1CC1. The van der Waals surface area contributed by atoms with Gasteiger partial charge < -0.3 is 5.11 Å². The van der Waals surface area contributed by atoms with Crippen LogP contribution in [0.2, 0.25) is 0 Å². The van der Waals surface area contributed by atoms with E-state index in [1.54, 1.807) is 41.2 Å². The van der Waals surface area contributed by atoms with E-state index >= 15 is 0 Å². The molecule has 1 aromatic carbocycles. The fourth-order valence-electron chi connectivity index (χ4n) is 1.87. The minimum Gasteiger partial charge on any atom is -0.506 e. The van der Waals surface area contributed by atoms with Gasteiger partial charge in [-0.2, -0.15) is 0 Å². The first-order valence-electron chi connectivity index (χ1n) is 5.35. The van der Waals surface area contributed by atoms with Crippen LogP contribution in [0.25, 0.3) is 5.69 Å². The first-order chi connectivity index (χ1) is 7.77. The Kier molecular flexibility index (Phi) is 1.89. The van der Waals surface area contributed by atoms with Crippen molar-refractivity contribution in [3.05, 3.63) is 47.1 Å². The van der Waals surface area contributed by atoms with Crippen molar-refractivity contribution >= 4 is 0 Å². The Morgan fingerprint density at radius 1 is 1.19 bits per heavy atom. The van der Waals surface area contributed by atoms with E-state index in [4.69, 9.17) is 0 Å². The molecule has 1 aliphatic carbocycles. The lowest BCUT2D eigenvalue weighted by atomic mass is 10.3. The molecule has 1 fully saturated rings. The van der Waals surface area contributed by atoms with Crippen LogP contribution in [0.15, 0.2) is 41.5 Å². The van der Waals surface area contributed by atoms with E-state index in [0.717, 1.165) is 12.8 Å². The zero-order valence-electron chi connectivity index (χ0n) is 8.71. The molecule has 0 saturated heterocycles. The number of aromatic nitrogens is 2. The van der Waals surface area contributed by atoms with Crippen LogP contribution in [-0.4, -0.2) is 14.2 Å². The van der Waals surface area contributed by atoms with Gasteiger partial charge in [-0.3, -0.25) is 9.13 Å². The Labute approximate surface area is 92.4 Å². The van der Waals surface area contributed by atoms with Crippen molar-refractivity contribution in [2.75, 3.05) is 0 Å². The number of para-hydroxylation sites is 2. The summed E-state index contributed by atoms with van der Waals surface area (Å²) in [6, 6.07) is 7.21. The fourth-order valence-corrected chi connectivity index (χ4v) is 1.87. The van der Waals surface area contributed by atoms with Crippen molar-refractivity contribution in [1.29, 1.82) is 0 Å². The molecule has 1 aliphatic rings. The van der Waals surface area contributed by atoms with Crippen LogP contribution < -0.4 is 5.69 Å². The normalized spacial score (nSPS) is 15.2. The van der Waals surface area contributed by atoms with Gasteiger partial charge in [-0.05, 0) is 25.0 Å². The number of nitrogens with zero attached hydrogens (tertiary/aromatic N) is 2. The number of imidazole rings is 1. The number of aromatic hydroxyl groups is 1. The second-order valence-corrected chi connectivity index (χ2v) is 4.08. The summed E-state index contributed by atoms with van der Waals surface area (Å²) in [5.74, 6) is 0.123. The maximum atomic E-state index is 12.0. The van der Waals surface area contributed by atoms with Crippen LogP contribution in [-0.2, 0) is 0 Å². The number of hydrogen-bond acceptors (Lipinski definition) is 2. The molecule has 0 bridgehead atoms. The van der Waals surface area contributed by atoms with Gasteiger partial charge in [0.15, 0.2) is 0 Å². The summed E-state index contributed by atoms with van der Waals surface area (Å²) in [5, 5.41) is 9.68. The summed E-state index contributed by atoms with van der Waals surface area (Å²) in [6.07, 6.45) is 5.64. The molecule has 0 aliphatic heterocycles. The molecule has 1 saturated carbocycles. The van der Waals surface area contributed by atoms with E-state index in [-0.39, 0.29) is 11.4 Å². The van der Waals surface area contributed by atoms with Crippen LogP contribution in [0.5, 0.6) is 5.75 Å². The van der Waals surface area contributed by atoms with E-state index in [1.165, 1.54) is 4.57 Å². The highest BCUT2D eigenvalue weighted by Gasteiger charge is 2.25. The van der Waals surface area contributed by atoms with Gasteiger partial charge in [0, 0.05) is 18.4 Å². The lowest BCUT2D eigenvalue weighted by Crippen LogP contribution is -2.22. The summed E-state index contributed by atoms with van der Waals surface area (Å²) in [7, 11) is 0. The molecule has 16 heavy (non-hydrogen) atoms. The smallest absolute Gasteiger partial charge is 0.333 e. The van der Waals surface area contributed by atoms with Crippen molar-refractivity contribution in [2.45, 2.75) is 18.9 Å². The van der Waals surface area contributed by atoms with E-state index < -0.39 is 0 Å². The molecule has 0 atom stereocenters. The lowest BCUT2D eigenvalue weighted by Gasteiger charge is -2.03. The highest BCUT2D eigenvalue weighted by Crippen LogP contribution is 2.33. The Hall–Kier alpha value is -1.97. The minimum absolute atomic E-state index is 0.0796. The number of hydrogen-bond donors (Lipinski definition) is 1. The number of rotatable bonds is 2. The third-order valence-electron chi connectivity index (χ3n) is 2.88. The van der Waals surface area contributed by atoms with Crippen LogP contribution in [0.3, 0.4) is 0 Å². The topological polar surface area (TPSA) is 47.2 Å². The summed E-state index contributed by atoms with van der Waals surface area (Å²) in [6.45, 7) is 0. The van der Waals surface area contributed by atoms with E-state index in [2.05, 4.69) is 0 Å². The van der Waals surface area contributed by atoms with Crippen molar-refractivity contribution in [1.82, 2.24) is 9.13 Å². The van der Waals surface area contributed by atoms with Crippen molar-refractivity contribution < 1.29 is 5.11 Å². The van der Waals surface area contributed by atoms with E-state index in [9.17, 15) is 9.90 Å². The molecule has 1 N–H and O–H groups in total. The number of phenols is 1. The molecule has 4 nitrogen and oxygen atoms in total. The Balaban J connectivity index is 2.13. The molecule has 1 aromatic heterocycles. The zero-order valence-corrected chi connectivity index (χ0v) is 8.71. The molecular formula is C12H12N2O2. The third kappa shape index (κ3) is 1.34. The van der Waals surface area contributed by atoms with Gasteiger partial charge in [-0.25, -0.2) is 4.79 Å². The maximum Gasteiger partial charge on any atom is 0.333 e. The minimum atomic E-state index is -0.0796. The predicted octanol–water partition coefficient (Wildman–Crippen LogP) is 1.68. The van der Waals surface area contributed by atoms with Crippen LogP contribution >= 0.6 is 0 Å². The predicted molar refractivity (Wildman–Crippen MR) is 60.0 cm³/mol. The van der Waals surface area contributed by atoms with Gasteiger partial charge in [0.1, 0.15) is 5.75 Å². The zero-order chi connectivity index (χ0) is 11.1. The quantitative estimate of drug-likeness (QED) is 0.830. The Morgan fingerprint density at radius 2 is 1.94 bits per heavy atom. The monoisotopic (exact) mass is 216 g/mol. The van der Waals surface area contributed by atoms with Gasteiger partial charge in [-0.15, -0.1) is 0 Å². The molecule has 82 valence electrons. The first kappa shape index (κ1) is 9.27. The van der Waals surface area contributed by atoms with Gasteiger partial charge in [-0.1, -0.05) is 12.1 Å². The lowest BCUT2D eigenvalue weighted by molar-refractivity contribution is 0.471. The molecule has 0 radical (unpaired) electrons. The van der Waals surface area contributed by atoms with Gasteiger partial charge in [0.2, 0.25) is 0 Å². The highest BCUT2D eigenvalue weighted by atomic mass is 16.3. The van der Waals surface area contributed by atoms with Crippen molar-refractivity contribution in [3.63, 3.8) is 0 Å². The molecule has 1 heterocycles. The largest absolute Gasteiger partial charge is 0.506 e. The maximum absolute atomic E-state index is 12.0. The highest BCUT2D eigenvalue weighted by molar-refractivity contribution is 5.45. The average Bonchev–Trinajstić information content (AvgIpc) is 3.05. The third-order valence-corrected chi connectivity index (χ3v) is 2.88. The van der Waals surface area contributed by atoms with E-state index in [1.807, 2.05) is 0 Å². The van der Waals surface area contributed by atoms with Gasteiger partial charge in [0.25, 0.3) is 0 Å². The van der Waals surface area contributed by atoms with Crippen LogP contribution in [0.1, 0.15) is 18.9 Å². The van der Waals surface area contributed by atoms with Gasteiger partial charge in [0.05, 0.1) is 5.69 Å². The summed E-state index contributed by atoms with van der Waals surface area (Å²) in [4.78, 5) is 12.0. The standard InChI is InChI=1S/C12H12N2O2/c15-11-4-2-1-3-10(11)14-8-7-13(12(14)16)9-5-6-9/h1-4,7-9,15H,5-6H2. The Bertz CT molecular complexity index is 579. The van der Waals surface area contributed by atoms with Crippen LogP contribution in [0.4, 0.5) is 0 Å². The first-order valence-corrected chi connectivity index (χ1v) is 5.35. The molecule has 0 amide bonds. The van der Waals surface area contributed by atoms with Crippen molar-refractivity contribution in [2.24, 2.45) is 0 Å². The number of benzene rings is 1. The second-order valence-electron chi connectivity index (χ2n) is 4.08. The molecule has 4 heteroatoms. The number of phenolic OH excluding ortho intramolecular Hbond substituents is 1. The average molecular weight is 216 g/mol. The molecular weight excluding hydrogens is 204 g/mol. The molecule has 0 spiro atoms. The van der Waals surface area contributed by atoms with Gasteiger partial charge >= 0.3 is 5.69 Å². The summed E-state index contributed by atoms with van der Waals surface area (Å²) in [5.41, 5.74) is 0.455. The molecule has 0 unspecified atom stereocenters. The summed E-state index contributed by atoms with van der Waals surface area (Å²) >= 11 is 0. The van der Waals surface area contributed by atoms with Crippen molar-refractivity contribution in [3.8, 4) is 11.4 Å². The molecule has 2 aromatic rings. The fraction of sp³-hybridized carbons (Fsp3) is 0.250. The van der Waals surface area contributed by atoms with Crippen LogP contribution in [0, 0.1) is 0 Å². The Morgan fingerprint density at radius 3 is 2.62 bits per heavy atom.